The molecule has 0 aromatic heterocycles. The predicted molar refractivity (Wildman–Crippen MR) is 125 cm³/mol. The molecule has 0 aliphatic rings. The monoisotopic (exact) mass is 502 g/mol. The average molecular weight is 504 g/mol. The van der Waals surface area contributed by atoms with Gasteiger partial charge in [0.1, 0.15) is 11.5 Å². The Morgan fingerprint density at radius 1 is 0.968 bits per heavy atom. The minimum atomic E-state index is -0.416. The number of nitrogens with one attached hydrogen (secondary N) is 2. The number of halogens is 2. The number of anilines is 2. The molecule has 3 rings (SSSR count). The van der Waals surface area contributed by atoms with Crippen LogP contribution in [0, 0.1) is 0 Å². The number of hydrogen-bond donors (Lipinski definition) is 2. The number of carbonyl (C=O) groups is 2. The lowest BCUT2D eigenvalue weighted by Gasteiger charge is -2.13. The van der Waals surface area contributed by atoms with Gasteiger partial charge in [-0.05, 0) is 61.5 Å². The first-order valence-electron chi connectivity index (χ1n) is 9.47. The van der Waals surface area contributed by atoms with Crippen LogP contribution in [0.2, 0.25) is 5.02 Å². The molecule has 0 unspecified atom stereocenters. The van der Waals surface area contributed by atoms with E-state index in [1.165, 1.54) is 0 Å². The number of para-hydroxylation sites is 1. The quantitative estimate of drug-likeness (QED) is 0.409. The van der Waals surface area contributed by atoms with Gasteiger partial charge < -0.3 is 20.1 Å². The first-order valence-corrected chi connectivity index (χ1v) is 10.6. The summed E-state index contributed by atoms with van der Waals surface area (Å²) in [6.07, 6.45) is 0. The molecule has 2 N–H and O–H groups in total. The van der Waals surface area contributed by atoms with Crippen LogP contribution >= 0.6 is 27.5 Å². The fourth-order valence-corrected chi connectivity index (χ4v) is 3.44. The van der Waals surface area contributed by atoms with Crippen molar-refractivity contribution >= 4 is 50.7 Å². The van der Waals surface area contributed by atoms with Crippen molar-refractivity contribution in [3.63, 3.8) is 0 Å². The zero-order valence-electron chi connectivity index (χ0n) is 16.7. The average Bonchev–Trinajstić information content (AvgIpc) is 2.75. The van der Waals surface area contributed by atoms with Gasteiger partial charge in [0.15, 0.2) is 6.61 Å². The van der Waals surface area contributed by atoms with Crippen LogP contribution in [0.1, 0.15) is 17.3 Å². The van der Waals surface area contributed by atoms with Crippen LogP contribution in [0.5, 0.6) is 11.5 Å². The van der Waals surface area contributed by atoms with Gasteiger partial charge in [-0.3, -0.25) is 9.59 Å². The largest absolute Gasteiger partial charge is 0.494 e. The molecule has 31 heavy (non-hydrogen) atoms. The molecule has 0 saturated carbocycles. The molecule has 2 amide bonds. The number of rotatable bonds is 8. The van der Waals surface area contributed by atoms with Gasteiger partial charge in [-0.15, -0.1) is 0 Å². The van der Waals surface area contributed by atoms with Crippen LogP contribution in [0.4, 0.5) is 11.4 Å². The summed E-state index contributed by atoms with van der Waals surface area (Å²) in [6.45, 7) is 2.21. The summed E-state index contributed by atoms with van der Waals surface area (Å²) in [4.78, 5) is 25.1. The van der Waals surface area contributed by atoms with E-state index in [0.717, 1.165) is 10.2 Å². The van der Waals surface area contributed by atoms with Gasteiger partial charge in [0.2, 0.25) is 0 Å². The van der Waals surface area contributed by atoms with E-state index in [0.29, 0.717) is 34.3 Å². The minimum Gasteiger partial charge on any atom is -0.494 e. The SMILES string of the molecule is CCOc1ccc(NC(=O)c2ccccc2NC(=O)COc2ccc(Br)cc2Cl)cc1. The van der Waals surface area contributed by atoms with Gasteiger partial charge in [0, 0.05) is 10.2 Å². The highest BCUT2D eigenvalue weighted by Gasteiger charge is 2.14. The third-order valence-electron chi connectivity index (χ3n) is 4.12. The summed E-state index contributed by atoms with van der Waals surface area (Å²) in [5, 5.41) is 5.91. The van der Waals surface area contributed by atoms with Crippen LogP contribution < -0.4 is 20.1 Å². The van der Waals surface area contributed by atoms with Crippen LogP contribution in [0.25, 0.3) is 0 Å². The second-order valence-electron chi connectivity index (χ2n) is 6.37. The lowest BCUT2D eigenvalue weighted by molar-refractivity contribution is -0.118. The lowest BCUT2D eigenvalue weighted by Crippen LogP contribution is -2.22. The Bertz CT molecular complexity index is 1070. The van der Waals surface area contributed by atoms with Crippen molar-refractivity contribution in [2.45, 2.75) is 6.92 Å². The normalized spacial score (nSPS) is 10.3. The fourth-order valence-electron chi connectivity index (χ4n) is 2.71. The van der Waals surface area contributed by atoms with Gasteiger partial charge in [0.05, 0.1) is 22.9 Å². The van der Waals surface area contributed by atoms with Crippen molar-refractivity contribution in [2.24, 2.45) is 0 Å². The van der Waals surface area contributed by atoms with Gasteiger partial charge in [-0.1, -0.05) is 39.7 Å². The van der Waals surface area contributed by atoms with E-state index >= 15 is 0 Å². The van der Waals surface area contributed by atoms with Crippen LogP contribution in [0.3, 0.4) is 0 Å². The van der Waals surface area contributed by atoms with Crippen molar-refractivity contribution in [2.75, 3.05) is 23.8 Å². The molecule has 3 aromatic carbocycles. The van der Waals surface area contributed by atoms with Gasteiger partial charge >= 0.3 is 0 Å². The summed E-state index contributed by atoms with van der Waals surface area (Å²) >= 11 is 9.41. The number of ether oxygens (including phenoxy) is 2. The van der Waals surface area contributed by atoms with E-state index in [1.807, 2.05) is 6.92 Å². The molecule has 0 bridgehead atoms. The van der Waals surface area contributed by atoms with E-state index < -0.39 is 5.91 Å². The van der Waals surface area contributed by atoms with Crippen molar-refractivity contribution in [3.05, 3.63) is 81.8 Å². The standard InChI is InChI=1S/C23H20BrClN2O4/c1-2-30-17-10-8-16(9-11-17)26-23(29)18-5-3-4-6-20(18)27-22(28)14-31-21-12-7-15(24)13-19(21)25/h3-13H,2,14H2,1H3,(H,26,29)(H,27,28). The zero-order valence-corrected chi connectivity index (χ0v) is 19.0. The molecule has 0 fully saturated rings. The number of hydrogen-bond acceptors (Lipinski definition) is 4. The van der Waals surface area contributed by atoms with Gasteiger partial charge in [-0.2, -0.15) is 0 Å². The second kappa shape index (κ2) is 10.8. The zero-order chi connectivity index (χ0) is 22.2. The summed E-state index contributed by atoms with van der Waals surface area (Å²) < 4.78 is 11.7. The smallest absolute Gasteiger partial charge is 0.262 e. The van der Waals surface area contributed by atoms with Gasteiger partial charge in [0.25, 0.3) is 11.8 Å². The van der Waals surface area contributed by atoms with E-state index in [1.54, 1.807) is 66.7 Å². The van der Waals surface area contributed by atoms with Crippen LogP contribution in [-0.4, -0.2) is 25.0 Å². The maximum atomic E-state index is 12.7. The molecule has 0 aliphatic carbocycles. The molecule has 0 spiro atoms. The fraction of sp³-hybridized carbons (Fsp3) is 0.130. The first-order chi connectivity index (χ1) is 15.0. The summed E-state index contributed by atoms with van der Waals surface area (Å²) in [7, 11) is 0. The van der Waals surface area contributed by atoms with Crippen molar-refractivity contribution < 1.29 is 19.1 Å². The molecule has 8 heteroatoms. The highest BCUT2D eigenvalue weighted by atomic mass is 79.9. The maximum Gasteiger partial charge on any atom is 0.262 e. The molecular weight excluding hydrogens is 484 g/mol. The Balaban J connectivity index is 1.63. The highest BCUT2D eigenvalue weighted by molar-refractivity contribution is 9.10. The molecule has 0 aliphatic heterocycles. The molecule has 0 saturated heterocycles. The molecule has 0 radical (unpaired) electrons. The van der Waals surface area contributed by atoms with E-state index in [2.05, 4.69) is 26.6 Å². The number of carbonyl (C=O) groups excluding carboxylic acids is 2. The van der Waals surface area contributed by atoms with Crippen LogP contribution in [-0.2, 0) is 4.79 Å². The Hall–Kier alpha value is -3.03. The number of benzene rings is 3. The van der Waals surface area contributed by atoms with Crippen LogP contribution in [0.15, 0.2) is 71.2 Å². The summed E-state index contributed by atoms with van der Waals surface area (Å²) in [6, 6.07) is 18.9. The summed E-state index contributed by atoms with van der Waals surface area (Å²) in [5.41, 5.74) is 1.32. The van der Waals surface area contributed by atoms with E-state index in [4.69, 9.17) is 21.1 Å². The highest BCUT2D eigenvalue weighted by Crippen LogP contribution is 2.27. The molecule has 160 valence electrons. The Morgan fingerprint density at radius 3 is 2.42 bits per heavy atom. The maximum absolute atomic E-state index is 12.7. The minimum absolute atomic E-state index is 0.254. The molecule has 3 aromatic rings. The van der Waals surface area contributed by atoms with Crippen molar-refractivity contribution in [1.82, 2.24) is 0 Å². The van der Waals surface area contributed by atoms with Crippen molar-refractivity contribution in [1.29, 1.82) is 0 Å². The Morgan fingerprint density at radius 2 is 1.71 bits per heavy atom. The predicted octanol–water partition coefficient (Wildman–Crippen LogP) is 5.77. The molecular formula is C23H20BrClN2O4. The Kier molecular flexibility index (Phi) is 7.92. The molecule has 0 atom stereocenters. The topological polar surface area (TPSA) is 76.7 Å². The molecule has 0 heterocycles. The third-order valence-corrected chi connectivity index (χ3v) is 4.91. The van der Waals surface area contributed by atoms with E-state index in [9.17, 15) is 9.59 Å². The summed E-state index contributed by atoms with van der Waals surface area (Å²) in [5.74, 6) is 0.345. The third kappa shape index (κ3) is 6.47. The number of amides is 2. The lowest BCUT2D eigenvalue weighted by atomic mass is 10.1. The first kappa shape index (κ1) is 22.7. The van der Waals surface area contributed by atoms with E-state index in [-0.39, 0.29) is 12.5 Å². The Labute approximate surface area is 193 Å². The molecule has 6 nitrogen and oxygen atoms in total. The van der Waals surface area contributed by atoms with Gasteiger partial charge in [-0.25, -0.2) is 0 Å². The van der Waals surface area contributed by atoms with Crippen molar-refractivity contribution in [3.8, 4) is 11.5 Å². The second-order valence-corrected chi connectivity index (χ2v) is 7.69.